The summed E-state index contributed by atoms with van der Waals surface area (Å²) < 4.78 is 0. The first-order valence-electron chi connectivity index (χ1n) is 9.33. The van der Waals surface area contributed by atoms with Crippen molar-refractivity contribution in [3.8, 4) is 11.8 Å². The van der Waals surface area contributed by atoms with Crippen molar-refractivity contribution in [3.63, 3.8) is 0 Å². The lowest BCUT2D eigenvalue weighted by molar-refractivity contribution is -0.0860. The maximum absolute atomic E-state index is 12.7. The fourth-order valence-electron chi connectivity index (χ4n) is 3.82. The van der Waals surface area contributed by atoms with Crippen LogP contribution < -0.4 is 0 Å². The van der Waals surface area contributed by atoms with E-state index in [4.69, 9.17) is 0 Å². The number of aliphatic hydroxyl groups is 1. The fraction of sp³-hybridized carbons (Fsp3) is 0.571. The molecule has 0 bridgehead atoms. The van der Waals surface area contributed by atoms with Crippen molar-refractivity contribution in [1.82, 2.24) is 4.90 Å². The molecule has 1 N–H and O–H groups in total. The summed E-state index contributed by atoms with van der Waals surface area (Å²) in [5.41, 5.74) is 0.187. The molecule has 1 aromatic carbocycles. The van der Waals surface area contributed by atoms with Gasteiger partial charge in [-0.2, -0.15) is 0 Å². The molecule has 3 heteroatoms. The second-order valence-electron chi connectivity index (χ2n) is 6.94. The number of hydrogen-bond donors (Lipinski definition) is 1. The molecule has 1 amide bonds. The smallest absolute Gasteiger partial charge is 0.257 e. The van der Waals surface area contributed by atoms with Crippen molar-refractivity contribution < 1.29 is 9.90 Å². The Bertz CT molecular complexity index is 643. The van der Waals surface area contributed by atoms with Gasteiger partial charge in [0.25, 0.3) is 5.91 Å². The van der Waals surface area contributed by atoms with E-state index in [-0.39, 0.29) is 5.91 Å². The van der Waals surface area contributed by atoms with Crippen LogP contribution in [0.2, 0.25) is 0 Å². The molecular formula is C21H27NO2. The van der Waals surface area contributed by atoms with Gasteiger partial charge in [-0.25, -0.2) is 0 Å². The first-order valence-corrected chi connectivity index (χ1v) is 9.33. The third-order valence-corrected chi connectivity index (χ3v) is 5.22. The molecule has 0 saturated carbocycles. The highest BCUT2D eigenvalue weighted by Gasteiger charge is 2.47. The molecule has 2 aliphatic rings. The van der Waals surface area contributed by atoms with Crippen molar-refractivity contribution in [2.24, 2.45) is 0 Å². The Morgan fingerprint density at radius 3 is 2.38 bits per heavy atom. The molecule has 0 aromatic heterocycles. The number of hydrogen-bond acceptors (Lipinski definition) is 2. The molecule has 3 rings (SSSR count). The van der Waals surface area contributed by atoms with Crippen LogP contribution in [0.25, 0.3) is 0 Å². The van der Waals surface area contributed by atoms with Crippen molar-refractivity contribution >= 4 is 5.91 Å². The summed E-state index contributed by atoms with van der Waals surface area (Å²) >= 11 is 0. The van der Waals surface area contributed by atoms with E-state index in [1.165, 1.54) is 32.1 Å². The number of carbonyl (C=O) groups is 1. The molecule has 128 valence electrons. The number of amides is 1. The number of carbonyl (C=O) groups excluding carboxylic acids is 1. The molecule has 2 heterocycles. The normalized spacial score (nSPS) is 25.7. The predicted octanol–water partition coefficient (Wildman–Crippen LogP) is 4.21. The minimum atomic E-state index is -1.19. The van der Waals surface area contributed by atoms with Crippen molar-refractivity contribution in [3.05, 3.63) is 35.4 Å². The Morgan fingerprint density at radius 1 is 0.917 bits per heavy atom. The van der Waals surface area contributed by atoms with Gasteiger partial charge in [-0.3, -0.25) is 9.69 Å². The van der Waals surface area contributed by atoms with Gasteiger partial charge in [0, 0.05) is 17.5 Å². The molecule has 1 aromatic rings. The van der Waals surface area contributed by atoms with Crippen LogP contribution in [0.15, 0.2) is 24.3 Å². The van der Waals surface area contributed by atoms with E-state index in [1.54, 1.807) is 4.90 Å². The largest absolute Gasteiger partial charge is 0.367 e. The zero-order valence-corrected chi connectivity index (χ0v) is 14.4. The zero-order chi connectivity index (χ0) is 16.8. The topological polar surface area (TPSA) is 40.5 Å². The summed E-state index contributed by atoms with van der Waals surface area (Å²) in [5, 5.41) is 11.3. The second kappa shape index (κ2) is 7.85. The average Bonchev–Trinajstić information content (AvgIpc) is 2.80. The zero-order valence-electron chi connectivity index (χ0n) is 14.4. The average molecular weight is 325 g/mol. The van der Waals surface area contributed by atoms with Gasteiger partial charge in [-0.05, 0) is 25.3 Å². The SMILES string of the molecule is O=C1c2ccccc2C2(O)CCCCCCCCCCC#CCN12. The monoisotopic (exact) mass is 325 g/mol. The van der Waals surface area contributed by atoms with Crippen molar-refractivity contribution in [2.75, 3.05) is 6.54 Å². The van der Waals surface area contributed by atoms with E-state index in [0.29, 0.717) is 18.5 Å². The van der Waals surface area contributed by atoms with Gasteiger partial charge in [0.1, 0.15) is 0 Å². The molecule has 24 heavy (non-hydrogen) atoms. The Balaban J connectivity index is 1.83. The Kier molecular flexibility index (Phi) is 5.58. The quantitative estimate of drug-likeness (QED) is 0.726. The highest BCUT2D eigenvalue weighted by molar-refractivity contribution is 5.99. The highest BCUT2D eigenvalue weighted by atomic mass is 16.3. The third kappa shape index (κ3) is 3.49. The second-order valence-corrected chi connectivity index (χ2v) is 6.94. The molecule has 0 radical (unpaired) electrons. The van der Waals surface area contributed by atoms with Crippen molar-refractivity contribution in [2.45, 2.75) is 69.9 Å². The third-order valence-electron chi connectivity index (χ3n) is 5.22. The van der Waals surface area contributed by atoms with Crippen LogP contribution in [-0.4, -0.2) is 22.5 Å². The number of nitrogens with zero attached hydrogens (tertiary/aromatic N) is 1. The van der Waals surface area contributed by atoms with Gasteiger partial charge < -0.3 is 5.11 Å². The molecule has 0 aliphatic carbocycles. The Morgan fingerprint density at radius 2 is 1.58 bits per heavy atom. The van der Waals surface area contributed by atoms with E-state index in [1.807, 2.05) is 24.3 Å². The molecule has 0 fully saturated rings. The van der Waals surface area contributed by atoms with Crippen LogP contribution in [0.5, 0.6) is 0 Å². The lowest BCUT2D eigenvalue weighted by atomic mass is 9.95. The summed E-state index contributed by atoms with van der Waals surface area (Å²) in [5.74, 6) is 6.20. The van der Waals surface area contributed by atoms with Crippen LogP contribution in [0.3, 0.4) is 0 Å². The van der Waals surface area contributed by atoms with Crippen LogP contribution in [0.4, 0.5) is 0 Å². The van der Waals surface area contributed by atoms with Crippen LogP contribution in [0.1, 0.15) is 80.1 Å². The van der Waals surface area contributed by atoms with E-state index in [2.05, 4.69) is 11.8 Å². The van der Waals surface area contributed by atoms with Gasteiger partial charge in [0.2, 0.25) is 0 Å². The number of fused-ring (bicyclic) bond motifs is 3. The number of benzene rings is 1. The molecule has 1 unspecified atom stereocenters. The van der Waals surface area contributed by atoms with Gasteiger partial charge in [-0.1, -0.05) is 62.6 Å². The van der Waals surface area contributed by atoms with Crippen LogP contribution in [-0.2, 0) is 5.72 Å². The number of rotatable bonds is 0. The van der Waals surface area contributed by atoms with Gasteiger partial charge in [-0.15, -0.1) is 5.92 Å². The van der Waals surface area contributed by atoms with E-state index in [0.717, 1.165) is 31.2 Å². The molecule has 0 saturated heterocycles. The highest BCUT2D eigenvalue weighted by Crippen LogP contribution is 2.40. The molecule has 1 atom stereocenters. The van der Waals surface area contributed by atoms with Crippen molar-refractivity contribution in [1.29, 1.82) is 0 Å². The lowest BCUT2D eigenvalue weighted by Crippen LogP contribution is -2.44. The minimum Gasteiger partial charge on any atom is -0.367 e. The van der Waals surface area contributed by atoms with E-state index >= 15 is 0 Å². The van der Waals surface area contributed by atoms with Gasteiger partial charge >= 0.3 is 0 Å². The summed E-state index contributed by atoms with van der Waals surface area (Å²) in [6.45, 7) is 0.310. The van der Waals surface area contributed by atoms with E-state index in [9.17, 15) is 9.90 Å². The Labute approximate surface area is 145 Å². The first-order chi connectivity index (χ1) is 11.7. The summed E-state index contributed by atoms with van der Waals surface area (Å²) in [6, 6.07) is 7.45. The predicted molar refractivity (Wildman–Crippen MR) is 95.3 cm³/mol. The van der Waals surface area contributed by atoms with E-state index < -0.39 is 5.72 Å². The summed E-state index contributed by atoms with van der Waals surface area (Å²) in [7, 11) is 0. The summed E-state index contributed by atoms with van der Waals surface area (Å²) in [6.07, 6.45) is 11.0. The molecule has 2 aliphatic heterocycles. The van der Waals surface area contributed by atoms with Crippen LogP contribution >= 0.6 is 0 Å². The maximum Gasteiger partial charge on any atom is 0.257 e. The lowest BCUT2D eigenvalue weighted by Gasteiger charge is -2.33. The van der Waals surface area contributed by atoms with Gasteiger partial charge in [0.15, 0.2) is 5.72 Å². The maximum atomic E-state index is 12.7. The molecule has 3 nitrogen and oxygen atoms in total. The molecular weight excluding hydrogens is 298 g/mol. The minimum absolute atomic E-state index is 0.0910. The van der Waals surface area contributed by atoms with Crippen LogP contribution in [0, 0.1) is 11.8 Å². The molecule has 0 spiro atoms. The van der Waals surface area contributed by atoms with Gasteiger partial charge in [0.05, 0.1) is 6.54 Å². The first kappa shape index (κ1) is 17.0. The fourth-order valence-corrected chi connectivity index (χ4v) is 3.82. The summed E-state index contributed by atoms with van der Waals surface area (Å²) in [4.78, 5) is 14.3. The standard InChI is InChI=1S/C21H27NO2/c23-20-18-14-10-11-15-19(18)21(24)16-12-8-6-4-2-1-3-5-7-9-13-17-22(20)21/h10-11,14-15,24H,1-8,12,16-17H2. The Hall–Kier alpha value is -1.79.